The molecule has 1 aliphatic carbocycles. The number of hydrogen-bond donors (Lipinski definition) is 1. The first-order chi connectivity index (χ1) is 4.43. The minimum atomic E-state index is 0.0885. The highest BCUT2D eigenvalue weighted by atomic mass is 16.5. The fraction of sp³-hybridized carbons (Fsp3) is 0.429. The molecular formula is C7H10O2. The van der Waals surface area contributed by atoms with Crippen LogP contribution < -0.4 is 0 Å². The SMILES string of the molecule is OCCOC1=CCC=C1. The molecule has 1 N–H and O–H groups in total. The first-order valence-corrected chi connectivity index (χ1v) is 3.04. The van der Waals surface area contributed by atoms with E-state index in [1.54, 1.807) is 0 Å². The van der Waals surface area contributed by atoms with Crippen LogP contribution in [0.25, 0.3) is 0 Å². The van der Waals surface area contributed by atoms with Crippen molar-refractivity contribution in [2.45, 2.75) is 6.42 Å². The van der Waals surface area contributed by atoms with Gasteiger partial charge in [0.15, 0.2) is 0 Å². The van der Waals surface area contributed by atoms with Gasteiger partial charge < -0.3 is 9.84 Å². The Labute approximate surface area is 54.5 Å². The van der Waals surface area contributed by atoms with Gasteiger partial charge >= 0.3 is 0 Å². The zero-order chi connectivity index (χ0) is 6.53. The third kappa shape index (κ3) is 1.90. The van der Waals surface area contributed by atoms with Gasteiger partial charge in [-0.3, -0.25) is 0 Å². The van der Waals surface area contributed by atoms with Crippen molar-refractivity contribution in [3.8, 4) is 0 Å². The Morgan fingerprint density at radius 3 is 3.11 bits per heavy atom. The molecule has 0 amide bonds. The molecule has 0 unspecified atom stereocenters. The van der Waals surface area contributed by atoms with E-state index in [-0.39, 0.29) is 6.61 Å². The molecule has 0 aromatic rings. The van der Waals surface area contributed by atoms with Gasteiger partial charge in [-0.1, -0.05) is 6.08 Å². The fourth-order valence-electron chi connectivity index (χ4n) is 0.707. The Morgan fingerprint density at radius 1 is 1.67 bits per heavy atom. The lowest BCUT2D eigenvalue weighted by Gasteiger charge is -2.00. The van der Waals surface area contributed by atoms with Crippen LogP contribution in [-0.4, -0.2) is 18.3 Å². The van der Waals surface area contributed by atoms with Crippen LogP contribution in [0.15, 0.2) is 24.0 Å². The normalized spacial score (nSPS) is 15.9. The lowest BCUT2D eigenvalue weighted by atomic mass is 10.5. The second-order valence-corrected chi connectivity index (χ2v) is 1.82. The lowest BCUT2D eigenvalue weighted by molar-refractivity contribution is 0.152. The van der Waals surface area contributed by atoms with Crippen molar-refractivity contribution < 1.29 is 9.84 Å². The summed E-state index contributed by atoms with van der Waals surface area (Å²) in [6, 6.07) is 0. The highest BCUT2D eigenvalue weighted by molar-refractivity contribution is 5.20. The maximum Gasteiger partial charge on any atom is 0.115 e. The molecule has 2 nitrogen and oxygen atoms in total. The van der Waals surface area contributed by atoms with Crippen LogP contribution in [0.1, 0.15) is 6.42 Å². The smallest absolute Gasteiger partial charge is 0.115 e. The van der Waals surface area contributed by atoms with Gasteiger partial charge in [0.2, 0.25) is 0 Å². The number of ether oxygens (including phenoxy) is 1. The minimum Gasteiger partial charge on any atom is -0.492 e. The molecule has 0 atom stereocenters. The summed E-state index contributed by atoms with van der Waals surface area (Å²) in [4.78, 5) is 0. The van der Waals surface area contributed by atoms with E-state index in [4.69, 9.17) is 9.84 Å². The molecule has 50 valence electrons. The van der Waals surface area contributed by atoms with E-state index in [0.717, 1.165) is 12.2 Å². The number of hydrogen-bond acceptors (Lipinski definition) is 2. The molecule has 0 fully saturated rings. The van der Waals surface area contributed by atoms with Crippen LogP contribution >= 0.6 is 0 Å². The Kier molecular flexibility index (Phi) is 2.33. The van der Waals surface area contributed by atoms with Crippen molar-refractivity contribution in [1.82, 2.24) is 0 Å². The molecular weight excluding hydrogens is 116 g/mol. The maximum absolute atomic E-state index is 8.35. The van der Waals surface area contributed by atoms with E-state index in [9.17, 15) is 0 Å². The Hall–Kier alpha value is -0.760. The highest BCUT2D eigenvalue weighted by Crippen LogP contribution is 2.08. The predicted octanol–water partition coefficient (Wildman–Crippen LogP) is 0.839. The van der Waals surface area contributed by atoms with E-state index >= 15 is 0 Å². The number of aliphatic hydroxyl groups is 1. The monoisotopic (exact) mass is 126 g/mol. The van der Waals surface area contributed by atoms with E-state index in [0.29, 0.717) is 6.61 Å². The first-order valence-electron chi connectivity index (χ1n) is 3.04. The van der Waals surface area contributed by atoms with Crippen molar-refractivity contribution >= 4 is 0 Å². The summed E-state index contributed by atoms with van der Waals surface area (Å²) in [6.45, 7) is 0.487. The number of aliphatic hydroxyl groups excluding tert-OH is 1. The molecule has 0 aliphatic heterocycles. The predicted molar refractivity (Wildman–Crippen MR) is 34.9 cm³/mol. The van der Waals surface area contributed by atoms with Crippen molar-refractivity contribution in [3.63, 3.8) is 0 Å². The standard InChI is InChI=1S/C7H10O2/c8-5-6-9-7-3-1-2-4-7/h1,3-4,8H,2,5-6H2. The average molecular weight is 126 g/mol. The second-order valence-electron chi connectivity index (χ2n) is 1.82. The third-order valence-electron chi connectivity index (χ3n) is 1.10. The van der Waals surface area contributed by atoms with Gasteiger partial charge in [0.25, 0.3) is 0 Å². The van der Waals surface area contributed by atoms with Gasteiger partial charge in [-0.05, 0) is 18.6 Å². The summed E-state index contributed by atoms with van der Waals surface area (Å²) in [5.74, 6) is 0.879. The van der Waals surface area contributed by atoms with Gasteiger partial charge in [-0.2, -0.15) is 0 Å². The summed E-state index contributed by atoms with van der Waals surface area (Å²) in [5, 5.41) is 8.35. The molecule has 0 radical (unpaired) electrons. The third-order valence-corrected chi connectivity index (χ3v) is 1.10. The first kappa shape index (κ1) is 6.36. The molecule has 0 saturated heterocycles. The van der Waals surface area contributed by atoms with Crippen LogP contribution in [0.5, 0.6) is 0 Å². The van der Waals surface area contributed by atoms with Gasteiger partial charge in [0, 0.05) is 0 Å². The summed E-state index contributed by atoms with van der Waals surface area (Å²) in [6.07, 6.45) is 6.87. The van der Waals surface area contributed by atoms with E-state index in [2.05, 4.69) is 0 Å². The Bertz CT molecular complexity index is 136. The molecule has 0 heterocycles. The van der Waals surface area contributed by atoms with Crippen molar-refractivity contribution in [3.05, 3.63) is 24.0 Å². The van der Waals surface area contributed by atoms with E-state index in [1.165, 1.54) is 0 Å². The second kappa shape index (κ2) is 3.30. The highest BCUT2D eigenvalue weighted by Gasteiger charge is 1.95. The van der Waals surface area contributed by atoms with Gasteiger partial charge in [0.05, 0.1) is 6.61 Å². The van der Waals surface area contributed by atoms with Crippen LogP contribution in [0.3, 0.4) is 0 Å². The van der Waals surface area contributed by atoms with Crippen LogP contribution in [0.2, 0.25) is 0 Å². The number of rotatable bonds is 3. The Morgan fingerprint density at radius 2 is 2.56 bits per heavy atom. The molecule has 1 aliphatic rings. The summed E-state index contributed by atoms with van der Waals surface area (Å²) >= 11 is 0. The van der Waals surface area contributed by atoms with Gasteiger partial charge in [-0.25, -0.2) is 0 Å². The average Bonchev–Trinajstić information content (AvgIpc) is 2.34. The summed E-state index contributed by atoms with van der Waals surface area (Å²) in [7, 11) is 0. The topological polar surface area (TPSA) is 29.5 Å². The Balaban J connectivity index is 2.19. The number of allylic oxidation sites excluding steroid dienone is 3. The van der Waals surface area contributed by atoms with E-state index < -0.39 is 0 Å². The van der Waals surface area contributed by atoms with Crippen LogP contribution in [-0.2, 0) is 4.74 Å². The molecule has 0 bridgehead atoms. The molecule has 2 heteroatoms. The molecule has 0 aromatic heterocycles. The van der Waals surface area contributed by atoms with Crippen molar-refractivity contribution in [1.29, 1.82) is 0 Å². The summed E-state index contributed by atoms with van der Waals surface area (Å²) < 4.78 is 5.08. The molecule has 9 heavy (non-hydrogen) atoms. The zero-order valence-corrected chi connectivity index (χ0v) is 5.21. The molecule has 0 spiro atoms. The fourth-order valence-corrected chi connectivity index (χ4v) is 0.707. The van der Waals surface area contributed by atoms with Crippen LogP contribution in [0.4, 0.5) is 0 Å². The lowest BCUT2D eigenvalue weighted by Crippen LogP contribution is -1.96. The summed E-state index contributed by atoms with van der Waals surface area (Å²) in [5.41, 5.74) is 0. The quantitative estimate of drug-likeness (QED) is 0.607. The van der Waals surface area contributed by atoms with Gasteiger partial charge in [0.1, 0.15) is 12.4 Å². The largest absolute Gasteiger partial charge is 0.492 e. The van der Waals surface area contributed by atoms with E-state index in [1.807, 2.05) is 18.2 Å². The van der Waals surface area contributed by atoms with Crippen molar-refractivity contribution in [2.75, 3.05) is 13.2 Å². The molecule has 1 rings (SSSR count). The molecule has 0 saturated carbocycles. The van der Waals surface area contributed by atoms with Crippen LogP contribution in [0, 0.1) is 0 Å². The maximum atomic E-state index is 8.35. The van der Waals surface area contributed by atoms with Gasteiger partial charge in [-0.15, -0.1) is 0 Å². The zero-order valence-electron chi connectivity index (χ0n) is 5.21. The molecule has 0 aromatic carbocycles. The minimum absolute atomic E-state index is 0.0885. The van der Waals surface area contributed by atoms with Crippen molar-refractivity contribution in [2.24, 2.45) is 0 Å².